The highest BCUT2D eigenvalue weighted by Crippen LogP contribution is 2.06. The van der Waals surface area contributed by atoms with Gasteiger partial charge in [0.2, 0.25) is 6.29 Å². The van der Waals surface area contributed by atoms with E-state index in [2.05, 4.69) is 22.6 Å². The summed E-state index contributed by atoms with van der Waals surface area (Å²) in [6.45, 7) is 0. The van der Waals surface area contributed by atoms with E-state index in [4.69, 9.17) is 9.47 Å². The van der Waals surface area contributed by atoms with Crippen molar-refractivity contribution in [1.29, 1.82) is 0 Å². The third-order valence-corrected chi connectivity index (χ3v) is 1.36. The minimum Gasteiger partial charge on any atom is -0.459 e. The van der Waals surface area contributed by atoms with E-state index < -0.39 is 0 Å². The van der Waals surface area contributed by atoms with Gasteiger partial charge in [-0.1, -0.05) is 22.6 Å². The SMILES string of the molecule is ICC1OC=CO1. The summed E-state index contributed by atoms with van der Waals surface area (Å²) in [6, 6.07) is 0. The van der Waals surface area contributed by atoms with Crippen LogP contribution in [0, 0.1) is 0 Å². The predicted octanol–water partition coefficient (Wildman–Crippen LogP) is 1.27. The molecule has 0 spiro atoms. The van der Waals surface area contributed by atoms with Gasteiger partial charge in [0.25, 0.3) is 0 Å². The lowest BCUT2D eigenvalue weighted by Gasteiger charge is -2.02. The summed E-state index contributed by atoms with van der Waals surface area (Å²) in [5.74, 6) is 0. The molecule has 1 aliphatic rings. The monoisotopic (exact) mass is 212 g/mol. The van der Waals surface area contributed by atoms with E-state index in [0.717, 1.165) is 4.43 Å². The number of ether oxygens (including phenoxy) is 2. The van der Waals surface area contributed by atoms with Crippen molar-refractivity contribution in [2.24, 2.45) is 0 Å². The second kappa shape index (κ2) is 2.40. The molecule has 1 rings (SSSR count). The Morgan fingerprint density at radius 2 is 2.00 bits per heavy atom. The minimum atomic E-state index is -0.0272. The minimum absolute atomic E-state index is 0.0272. The Balaban J connectivity index is 2.22. The van der Waals surface area contributed by atoms with Gasteiger partial charge in [-0.05, 0) is 0 Å². The van der Waals surface area contributed by atoms with Gasteiger partial charge in [0, 0.05) is 0 Å². The molecule has 0 aliphatic carbocycles. The van der Waals surface area contributed by atoms with Crippen molar-refractivity contribution >= 4 is 22.6 Å². The zero-order valence-corrected chi connectivity index (χ0v) is 5.79. The van der Waals surface area contributed by atoms with Crippen molar-refractivity contribution in [2.45, 2.75) is 6.29 Å². The molecule has 7 heavy (non-hydrogen) atoms. The lowest BCUT2D eigenvalue weighted by atomic mass is 10.8. The number of rotatable bonds is 1. The summed E-state index contributed by atoms with van der Waals surface area (Å²) in [5, 5.41) is 0. The van der Waals surface area contributed by atoms with Gasteiger partial charge in [-0.25, -0.2) is 0 Å². The first-order chi connectivity index (χ1) is 3.43. The highest BCUT2D eigenvalue weighted by Gasteiger charge is 2.07. The van der Waals surface area contributed by atoms with E-state index in [0.29, 0.717) is 0 Å². The zero-order chi connectivity index (χ0) is 5.11. The molecule has 0 atom stereocenters. The maximum atomic E-state index is 4.89. The highest BCUT2D eigenvalue weighted by atomic mass is 127. The topological polar surface area (TPSA) is 18.5 Å². The van der Waals surface area contributed by atoms with Crippen molar-refractivity contribution < 1.29 is 9.47 Å². The third kappa shape index (κ3) is 1.22. The molecule has 2 nitrogen and oxygen atoms in total. The predicted molar refractivity (Wildman–Crippen MR) is 34.0 cm³/mol. The maximum Gasteiger partial charge on any atom is 0.248 e. The van der Waals surface area contributed by atoms with Gasteiger partial charge >= 0.3 is 0 Å². The van der Waals surface area contributed by atoms with Gasteiger partial charge in [-0.2, -0.15) is 0 Å². The lowest BCUT2D eigenvalue weighted by molar-refractivity contribution is 0.000882. The summed E-state index contributed by atoms with van der Waals surface area (Å²) in [4.78, 5) is 0. The largest absolute Gasteiger partial charge is 0.459 e. The Kier molecular flexibility index (Phi) is 1.78. The van der Waals surface area contributed by atoms with Crippen molar-refractivity contribution in [1.82, 2.24) is 0 Å². The van der Waals surface area contributed by atoms with Crippen LogP contribution in [0.4, 0.5) is 0 Å². The van der Waals surface area contributed by atoms with Crippen molar-refractivity contribution in [3.63, 3.8) is 0 Å². The quantitative estimate of drug-likeness (QED) is 0.481. The highest BCUT2D eigenvalue weighted by molar-refractivity contribution is 14.1. The van der Waals surface area contributed by atoms with Crippen LogP contribution in [0.15, 0.2) is 12.5 Å². The second-order valence-corrected chi connectivity index (χ2v) is 2.01. The standard InChI is InChI=1S/C4H5IO2/c5-3-4-6-1-2-7-4/h1-2,4H,3H2. The molecule has 0 bridgehead atoms. The number of alkyl halides is 1. The molecular formula is C4H5IO2. The first-order valence-electron chi connectivity index (χ1n) is 1.95. The lowest BCUT2D eigenvalue weighted by Crippen LogP contribution is -2.07. The molecule has 0 amide bonds. The number of hydrogen-bond donors (Lipinski definition) is 0. The smallest absolute Gasteiger partial charge is 0.248 e. The van der Waals surface area contributed by atoms with E-state index in [1.807, 2.05) is 0 Å². The van der Waals surface area contributed by atoms with E-state index in [9.17, 15) is 0 Å². The zero-order valence-electron chi connectivity index (χ0n) is 3.63. The summed E-state index contributed by atoms with van der Waals surface area (Å²) < 4.78 is 10.7. The van der Waals surface area contributed by atoms with Crippen LogP contribution in [0.2, 0.25) is 0 Å². The molecule has 40 valence electrons. The average molecular weight is 212 g/mol. The van der Waals surface area contributed by atoms with Crippen LogP contribution >= 0.6 is 22.6 Å². The summed E-state index contributed by atoms with van der Waals surface area (Å²) >= 11 is 2.20. The molecule has 0 saturated heterocycles. The van der Waals surface area contributed by atoms with Crippen LogP contribution in [0.25, 0.3) is 0 Å². The average Bonchev–Trinajstić information content (AvgIpc) is 2.14. The van der Waals surface area contributed by atoms with E-state index in [1.54, 1.807) is 12.5 Å². The molecule has 0 radical (unpaired) electrons. The molecule has 3 heteroatoms. The molecule has 0 fully saturated rings. The van der Waals surface area contributed by atoms with E-state index in [-0.39, 0.29) is 6.29 Å². The second-order valence-electron chi connectivity index (χ2n) is 1.13. The van der Waals surface area contributed by atoms with Crippen molar-refractivity contribution in [3.8, 4) is 0 Å². The Bertz CT molecular complexity index is 73.8. The molecular weight excluding hydrogens is 207 g/mol. The van der Waals surface area contributed by atoms with Gasteiger partial charge in [0.05, 0.1) is 4.43 Å². The van der Waals surface area contributed by atoms with E-state index in [1.165, 1.54) is 0 Å². The Morgan fingerprint density at radius 3 is 2.29 bits per heavy atom. The normalized spacial score (nSPS) is 19.0. The van der Waals surface area contributed by atoms with Crippen LogP contribution < -0.4 is 0 Å². The van der Waals surface area contributed by atoms with Gasteiger partial charge < -0.3 is 9.47 Å². The summed E-state index contributed by atoms with van der Waals surface area (Å²) in [7, 11) is 0. The fourth-order valence-electron chi connectivity index (χ4n) is 0.344. The summed E-state index contributed by atoms with van der Waals surface area (Å²) in [6.07, 6.45) is 3.09. The number of halogens is 1. The van der Waals surface area contributed by atoms with Crippen LogP contribution in [0.5, 0.6) is 0 Å². The number of hydrogen-bond acceptors (Lipinski definition) is 2. The molecule has 1 heterocycles. The molecule has 0 saturated carbocycles. The molecule has 0 N–H and O–H groups in total. The van der Waals surface area contributed by atoms with Gasteiger partial charge in [-0.3, -0.25) is 0 Å². The van der Waals surface area contributed by atoms with Crippen LogP contribution in [0.3, 0.4) is 0 Å². The van der Waals surface area contributed by atoms with Gasteiger partial charge in [0.1, 0.15) is 12.5 Å². The van der Waals surface area contributed by atoms with Crippen LogP contribution in [0.1, 0.15) is 0 Å². The molecule has 0 aromatic rings. The third-order valence-electron chi connectivity index (χ3n) is 0.642. The van der Waals surface area contributed by atoms with Crippen LogP contribution in [-0.4, -0.2) is 10.7 Å². The molecule has 0 aromatic carbocycles. The molecule has 0 aromatic heterocycles. The Hall–Kier alpha value is 0.0700. The Labute approximate surface area is 55.6 Å². The summed E-state index contributed by atoms with van der Waals surface area (Å²) in [5.41, 5.74) is 0. The van der Waals surface area contributed by atoms with Gasteiger partial charge in [0.15, 0.2) is 0 Å². The van der Waals surface area contributed by atoms with Crippen LogP contribution in [-0.2, 0) is 9.47 Å². The molecule has 1 aliphatic heterocycles. The Morgan fingerprint density at radius 1 is 1.43 bits per heavy atom. The first-order valence-corrected chi connectivity index (χ1v) is 3.48. The maximum absolute atomic E-state index is 4.89. The van der Waals surface area contributed by atoms with Crippen molar-refractivity contribution in [2.75, 3.05) is 4.43 Å². The fraction of sp³-hybridized carbons (Fsp3) is 0.500. The van der Waals surface area contributed by atoms with E-state index >= 15 is 0 Å². The fourth-order valence-corrected chi connectivity index (χ4v) is 0.759. The molecule has 0 unspecified atom stereocenters. The van der Waals surface area contributed by atoms with Crippen molar-refractivity contribution in [3.05, 3.63) is 12.5 Å². The first kappa shape index (κ1) is 5.21. The van der Waals surface area contributed by atoms with Gasteiger partial charge in [-0.15, -0.1) is 0 Å².